The lowest BCUT2D eigenvalue weighted by molar-refractivity contribution is 0.631. The number of benzene rings is 1. The number of rotatable bonds is 3. The highest BCUT2D eigenvalue weighted by molar-refractivity contribution is 9.10. The monoisotopic (exact) mass is 376 g/mol. The number of likely N-dealkylation sites (N-methyl/N-ethyl adjacent to an activating group) is 1. The van der Waals surface area contributed by atoms with Crippen LogP contribution >= 0.6 is 15.9 Å². The minimum atomic E-state index is -0.412. The number of nitrogens with one attached hydrogen (secondary N) is 1. The third kappa shape index (κ3) is 2.91. The number of pyridine rings is 1. The van der Waals surface area contributed by atoms with E-state index >= 15 is 0 Å². The first-order chi connectivity index (χ1) is 11.0. The number of halogens is 2. The van der Waals surface area contributed by atoms with Gasteiger partial charge in [0.25, 0.3) is 0 Å². The molecule has 120 valence electrons. The maximum atomic E-state index is 13.6. The Morgan fingerprint density at radius 3 is 2.87 bits per heavy atom. The maximum Gasteiger partial charge on any atom is 0.147 e. The fraction of sp³-hybridized carbons (Fsp3) is 0.235. The topological polar surface area (TPSA) is 54.2 Å². The number of aromatic nitrogens is 1. The molecule has 0 saturated heterocycles. The van der Waals surface area contributed by atoms with Crippen LogP contribution in [0.15, 0.2) is 28.9 Å². The molecule has 0 saturated carbocycles. The molecule has 6 heteroatoms. The summed E-state index contributed by atoms with van der Waals surface area (Å²) in [5.74, 6) is 0.427. The van der Waals surface area contributed by atoms with Gasteiger partial charge in [0.1, 0.15) is 11.6 Å². The fourth-order valence-corrected chi connectivity index (χ4v) is 3.33. The molecule has 2 aromatic rings. The number of hydrogen-bond donors (Lipinski definition) is 2. The Labute approximate surface area is 143 Å². The lowest BCUT2D eigenvalue weighted by Crippen LogP contribution is -2.28. The summed E-state index contributed by atoms with van der Waals surface area (Å²) in [5.41, 5.74) is 10.1. The molecule has 0 fully saturated rings. The fourth-order valence-electron chi connectivity index (χ4n) is 2.76. The van der Waals surface area contributed by atoms with Gasteiger partial charge in [-0.15, -0.1) is 0 Å². The van der Waals surface area contributed by atoms with Crippen LogP contribution in [0.4, 0.5) is 21.6 Å². The van der Waals surface area contributed by atoms with E-state index in [1.807, 2.05) is 19.3 Å². The molecule has 0 atom stereocenters. The number of nitrogen functional groups attached to an aromatic ring is 1. The van der Waals surface area contributed by atoms with E-state index in [-0.39, 0.29) is 5.69 Å². The van der Waals surface area contributed by atoms with Crippen LogP contribution < -0.4 is 16.0 Å². The molecule has 1 aromatic heterocycles. The van der Waals surface area contributed by atoms with Gasteiger partial charge in [-0.1, -0.05) is 15.9 Å². The van der Waals surface area contributed by atoms with Gasteiger partial charge in [-0.25, -0.2) is 9.37 Å². The van der Waals surface area contributed by atoms with Gasteiger partial charge >= 0.3 is 0 Å². The zero-order valence-electron chi connectivity index (χ0n) is 13.0. The predicted octanol–water partition coefficient (Wildman–Crippen LogP) is 3.99. The van der Waals surface area contributed by atoms with E-state index in [1.165, 1.54) is 6.07 Å². The molecule has 0 unspecified atom stereocenters. The molecule has 0 amide bonds. The third-order valence-electron chi connectivity index (χ3n) is 4.01. The summed E-state index contributed by atoms with van der Waals surface area (Å²) < 4.78 is 14.3. The molecule has 0 aliphatic carbocycles. The van der Waals surface area contributed by atoms with Crippen LogP contribution in [0.1, 0.15) is 18.1 Å². The molecule has 1 aromatic carbocycles. The molecule has 0 spiro atoms. The number of nitrogens with two attached hydrogens (primary N) is 1. The van der Waals surface area contributed by atoms with Crippen molar-refractivity contribution in [2.24, 2.45) is 0 Å². The number of nitrogens with zero attached hydrogens (tertiary/aromatic N) is 2. The summed E-state index contributed by atoms with van der Waals surface area (Å²) >= 11 is 3.44. The molecular formula is C17H18BrFN4. The minimum Gasteiger partial charge on any atom is -0.396 e. The van der Waals surface area contributed by atoms with Crippen LogP contribution in [0, 0.1) is 5.82 Å². The van der Waals surface area contributed by atoms with E-state index in [4.69, 9.17) is 5.73 Å². The first kappa shape index (κ1) is 15.8. The van der Waals surface area contributed by atoms with Gasteiger partial charge in [-0.2, -0.15) is 0 Å². The van der Waals surface area contributed by atoms with Crippen LogP contribution in [-0.2, 0) is 0 Å². The van der Waals surface area contributed by atoms with Gasteiger partial charge in [0.2, 0.25) is 0 Å². The van der Waals surface area contributed by atoms with E-state index < -0.39 is 5.82 Å². The molecule has 2 heterocycles. The van der Waals surface area contributed by atoms with E-state index in [0.29, 0.717) is 4.47 Å². The number of hydrogen-bond acceptors (Lipinski definition) is 4. The first-order valence-electron chi connectivity index (χ1n) is 7.41. The summed E-state index contributed by atoms with van der Waals surface area (Å²) in [5, 5.41) is 3.06. The highest BCUT2D eigenvalue weighted by Crippen LogP contribution is 2.37. The lowest BCUT2D eigenvalue weighted by atomic mass is 9.97. The maximum absolute atomic E-state index is 13.6. The standard InChI is InChI=1S/C17H18BrFN4/c1-3-23-9-11(12-5-15(20)14(19)6-13(12)18)4-10-8-22-17(21-2)7-16(10)23/h4-8H,3,9,20H2,1-2H3,(H,21,22). The highest BCUT2D eigenvalue weighted by Gasteiger charge is 2.20. The van der Waals surface area contributed by atoms with Gasteiger partial charge < -0.3 is 16.0 Å². The Kier molecular flexibility index (Phi) is 4.26. The second-order valence-electron chi connectivity index (χ2n) is 5.42. The van der Waals surface area contributed by atoms with E-state index in [2.05, 4.69) is 44.1 Å². The lowest BCUT2D eigenvalue weighted by Gasteiger charge is -2.31. The van der Waals surface area contributed by atoms with Crippen LogP contribution in [0.25, 0.3) is 11.6 Å². The van der Waals surface area contributed by atoms with Gasteiger partial charge in [-0.05, 0) is 36.3 Å². The van der Waals surface area contributed by atoms with Crippen LogP contribution in [-0.4, -0.2) is 25.1 Å². The van der Waals surface area contributed by atoms with Crippen molar-refractivity contribution in [2.75, 3.05) is 36.1 Å². The van der Waals surface area contributed by atoms with E-state index in [0.717, 1.165) is 41.3 Å². The largest absolute Gasteiger partial charge is 0.396 e. The Balaban J connectivity index is 2.11. The van der Waals surface area contributed by atoms with Gasteiger partial charge in [0.05, 0.1) is 5.69 Å². The van der Waals surface area contributed by atoms with Crippen LogP contribution in [0.2, 0.25) is 0 Å². The second-order valence-corrected chi connectivity index (χ2v) is 6.27. The van der Waals surface area contributed by atoms with Crippen molar-refractivity contribution in [3.63, 3.8) is 0 Å². The molecule has 3 N–H and O–H groups in total. The quantitative estimate of drug-likeness (QED) is 0.795. The van der Waals surface area contributed by atoms with Gasteiger partial charge in [0.15, 0.2) is 0 Å². The van der Waals surface area contributed by atoms with Gasteiger partial charge in [0, 0.05) is 48.1 Å². The summed E-state index contributed by atoms with van der Waals surface area (Å²) in [6.07, 6.45) is 3.94. The number of anilines is 3. The van der Waals surface area contributed by atoms with Crippen molar-refractivity contribution >= 4 is 44.8 Å². The van der Waals surface area contributed by atoms with Crippen molar-refractivity contribution in [2.45, 2.75) is 6.92 Å². The van der Waals surface area contributed by atoms with E-state index in [1.54, 1.807) is 6.07 Å². The Morgan fingerprint density at radius 1 is 1.39 bits per heavy atom. The predicted molar refractivity (Wildman–Crippen MR) is 98.1 cm³/mol. The summed E-state index contributed by atoms with van der Waals surface area (Å²) in [6.45, 7) is 3.71. The minimum absolute atomic E-state index is 0.154. The van der Waals surface area contributed by atoms with Crippen molar-refractivity contribution in [1.82, 2.24) is 4.98 Å². The average molecular weight is 377 g/mol. The third-order valence-corrected chi connectivity index (χ3v) is 4.67. The molecule has 0 radical (unpaired) electrons. The van der Waals surface area contributed by atoms with E-state index in [9.17, 15) is 4.39 Å². The summed E-state index contributed by atoms with van der Waals surface area (Å²) in [7, 11) is 1.85. The molecule has 1 aliphatic rings. The second kappa shape index (κ2) is 6.20. The van der Waals surface area contributed by atoms with Crippen molar-refractivity contribution in [3.05, 3.63) is 45.8 Å². The zero-order chi connectivity index (χ0) is 16.6. The molecule has 4 nitrogen and oxygen atoms in total. The molecular weight excluding hydrogens is 359 g/mol. The van der Waals surface area contributed by atoms with Crippen LogP contribution in [0.3, 0.4) is 0 Å². The Morgan fingerprint density at radius 2 is 2.17 bits per heavy atom. The van der Waals surface area contributed by atoms with Crippen LogP contribution in [0.5, 0.6) is 0 Å². The van der Waals surface area contributed by atoms with Gasteiger partial charge in [-0.3, -0.25) is 0 Å². The molecule has 0 bridgehead atoms. The average Bonchev–Trinajstić information content (AvgIpc) is 2.56. The molecule has 23 heavy (non-hydrogen) atoms. The SMILES string of the molecule is CCN1CC(c2cc(N)c(F)cc2Br)=Cc2cnc(NC)cc21. The number of fused-ring (bicyclic) bond motifs is 1. The van der Waals surface area contributed by atoms with Crippen molar-refractivity contribution in [3.8, 4) is 0 Å². The summed E-state index contributed by atoms with van der Waals surface area (Å²) in [6, 6.07) is 5.14. The summed E-state index contributed by atoms with van der Waals surface area (Å²) in [4.78, 5) is 6.65. The van der Waals surface area contributed by atoms with Crippen molar-refractivity contribution in [1.29, 1.82) is 0 Å². The smallest absolute Gasteiger partial charge is 0.147 e. The Bertz CT molecular complexity index is 788. The molecule has 3 rings (SSSR count). The zero-order valence-corrected chi connectivity index (χ0v) is 14.6. The molecule has 1 aliphatic heterocycles. The first-order valence-corrected chi connectivity index (χ1v) is 8.21. The van der Waals surface area contributed by atoms with Crippen molar-refractivity contribution < 1.29 is 4.39 Å². The normalized spacial score (nSPS) is 13.6. The Hall–Kier alpha value is -2.08. The highest BCUT2D eigenvalue weighted by atomic mass is 79.9.